The molecule has 6 rings (SSSR count). The molecule has 18 heteroatoms. The van der Waals surface area contributed by atoms with Crippen molar-refractivity contribution in [3.05, 3.63) is 65.2 Å². The van der Waals surface area contributed by atoms with Crippen molar-refractivity contribution in [1.29, 1.82) is 0 Å². The monoisotopic (exact) mass is 811 g/mol. The van der Waals surface area contributed by atoms with Crippen molar-refractivity contribution in [2.24, 2.45) is 5.92 Å². The van der Waals surface area contributed by atoms with Gasteiger partial charge in [0.2, 0.25) is 23.6 Å². The Labute approximate surface area is 334 Å². The minimum absolute atomic E-state index is 0.0216. The second-order valence-corrected chi connectivity index (χ2v) is 15.7. The van der Waals surface area contributed by atoms with Gasteiger partial charge in [-0.2, -0.15) is 0 Å². The fourth-order valence-electron chi connectivity index (χ4n) is 8.12. The van der Waals surface area contributed by atoms with Crippen LogP contribution < -0.4 is 21.3 Å². The zero-order valence-electron chi connectivity index (χ0n) is 32.9. The van der Waals surface area contributed by atoms with Gasteiger partial charge in [-0.25, -0.2) is 18.4 Å². The highest BCUT2D eigenvalue weighted by Crippen LogP contribution is 2.28. The number of rotatable bonds is 6. The number of fused-ring (bicyclic) bond motifs is 3. The number of aliphatic hydroxyl groups is 1. The number of urea groups is 1. The van der Waals surface area contributed by atoms with Gasteiger partial charge in [-0.05, 0) is 75.8 Å². The summed E-state index contributed by atoms with van der Waals surface area (Å²) >= 11 is 0. The number of ether oxygens (including phenoxy) is 2. The van der Waals surface area contributed by atoms with Crippen LogP contribution in [0, 0.1) is 24.5 Å². The second kappa shape index (κ2) is 18.2. The Morgan fingerprint density at radius 3 is 2.34 bits per heavy atom. The number of nitrogens with one attached hydrogen (secondary N) is 4. The molecule has 6 amide bonds. The van der Waals surface area contributed by atoms with Gasteiger partial charge in [0.15, 0.2) is 0 Å². The molecule has 2 aromatic carbocycles. The molecular weight excluding hydrogens is 760 g/mol. The standard InChI is InChI=1S/C40H51F2N7O9/c1-21-7-9-28(10-8-21)44-40(56)45-29(17-25-15-26(41)18-27(42)16-25)34(50)46-33-24(4)58-39(55)31-14-22(2)19-49(31)36(52)23(3)43-35(51)32-20-57-13-12-48(32)37(53)30-6-5-11-47(30)38(33)54/h7-10,15-16,18,22-24,29-33,35,43,51H,5-6,11-14,17,19-20H2,1-4H3,(H,46,50)(H2,44,45,56)/t22-,23+,24+,29+,30+,31+,32+,33+,35?/m1/s1. The summed E-state index contributed by atoms with van der Waals surface area (Å²) in [5, 5.41) is 22.0. The quantitative estimate of drug-likeness (QED) is 0.264. The average molecular weight is 812 g/mol. The number of carbonyl (C=O) groups excluding carboxylic acids is 6. The van der Waals surface area contributed by atoms with Gasteiger partial charge in [-0.15, -0.1) is 0 Å². The van der Waals surface area contributed by atoms with Crippen LogP contribution in [0.4, 0.5) is 19.3 Å². The van der Waals surface area contributed by atoms with E-state index in [-0.39, 0.29) is 57.2 Å². The highest BCUT2D eigenvalue weighted by atomic mass is 19.1. The van der Waals surface area contributed by atoms with Crippen molar-refractivity contribution in [2.75, 3.05) is 38.2 Å². The van der Waals surface area contributed by atoms with Gasteiger partial charge >= 0.3 is 12.0 Å². The number of cyclic esters (lactones) is 1. The molecule has 4 heterocycles. The molecule has 9 atom stereocenters. The molecule has 0 spiro atoms. The Balaban J connectivity index is 1.34. The van der Waals surface area contributed by atoms with Crippen LogP contribution in [0.5, 0.6) is 0 Å². The van der Waals surface area contributed by atoms with Crippen LogP contribution in [0.3, 0.4) is 0 Å². The van der Waals surface area contributed by atoms with E-state index in [9.17, 15) is 42.7 Å². The number of aryl methyl sites for hydroxylation is 1. The Bertz CT molecular complexity index is 1870. The number of halogens is 2. The Hall–Kier alpha value is -5.20. The number of nitrogens with zero attached hydrogens (tertiary/aromatic N) is 3. The fraction of sp³-hybridized carbons (Fsp3) is 0.550. The first kappa shape index (κ1) is 42.4. The molecule has 5 N–H and O–H groups in total. The predicted molar refractivity (Wildman–Crippen MR) is 204 cm³/mol. The summed E-state index contributed by atoms with van der Waals surface area (Å²) in [6, 6.07) is 1.54. The van der Waals surface area contributed by atoms with Crippen LogP contribution in [-0.2, 0) is 39.9 Å². The van der Waals surface area contributed by atoms with Crippen LogP contribution in [0.25, 0.3) is 0 Å². The molecule has 0 radical (unpaired) electrons. The van der Waals surface area contributed by atoms with Gasteiger partial charge < -0.3 is 45.2 Å². The lowest BCUT2D eigenvalue weighted by molar-refractivity contribution is -0.164. The van der Waals surface area contributed by atoms with Crippen LogP contribution in [-0.4, -0.2) is 137 Å². The third-order valence-electron chi connectivity index (χ3n) is 11.1. The Morgan fingerprint density at radius 1 is 0.931 bits per heavy atom. The van der Waals surface area contributed by atoms with Gasteiger partial charge in [0, 0.05) is 37.8 Å². The SMILES string of the molecule is Cc1ccc(NC(=O)N[C@@H](Cc2cc(F)cc(F)c2)C(=O)N[C@@H]2C(=O)N3CCC[C@H]3C(=O)N3CCOC[C@H]3C(O)N[C@@H](C)C(=O)N3C[C@H](C)C[C@H]3C(=O)O[C@H]2C)cc1. The van der Waals surface area contributed by atoms with Crippen molar-refractivity contribution in [3.8, 4) is 0 Å². The van der Waals surface area contributed by atoms with Crippen molar-refractivity contribution in [1.82, 2.24) is 30.7 Å². The van der Waals surface area contributed by atoms with Crippen LogP contribution in [0.1, 0.15) is 51.2 Å². The molecule has 4 fully saturated rings. The number of anilines is 1. The summed E-state index contributed by atoms with van der Waals surface area (Å²) in [6.07, 6.45) is -2.27. The average Bonchev–Trinajstić information content (AvgIpc) is 3.83. The topological polar surface area (TPSA) is 199 Å². The molecule has 0 aliphatic carbocycles. The number of hydrogen-bond donors (Lipinski definition) is 5. The minimum Gasteiger partial charge on any atom is -0.458 e. The largest absolute Gasteiger partial charge is 0.458 e. The summed E-state index contributed by atoms with van der Waals surface area (Å²) < 4.78 is 40.1. The predicted octanol–water partition coefficient (Wildman–Crippen LogP) is 1.19. The maximum Gasteiger partial charge on any atom is 0.329 e. The third kappa shape index (κ3) is 9.73. The van der Waals surface area contributed by atoms with Crippen LogP contribution in [0.15, 0.2) is 42.5 Å². The van der Waals surface area contributed by atoms with Crippen molar-refractivity contribution in [2.45, 2.75) is 102 Å². The molecule has 4 aliphatic heterocycles. The van der Waals surface area contributed by atoms with Crippen LogP contribution in [0.2, 0.25) is 0 Å². The van der Waals surface area contributed by atoms with E-state index in [0.717, 1.165) is 17.7 Å². The summed E-state index contributed by atoms with van der Waals surface area (Å²) in [5.41, 5.74) is 1.35. The first-order valence-corrected chi connectivity index (χ1v) is 19.6. The normalized spacial score (nSPS) is 28.9. The molecule has 16 nitrogen and oxygen atoms in total. The highest BCUT2D eigenvalue weighted by Gasteiger charge is 2.47. The van der Waals surface area contributed by atoms with Crippen molar-refractivity contribution >= 4 is 41.3 Å². The van der Waals surface area contributed by atoms with Gasteiger partial charge in [0.1, 0.15) is 48.1 Å². The number of hydrogen-bond acceptors (Lipinski definition) is 10. The van der Waals surface area contributed by atoms with Gasteiger partial charge in [-0.1, -0.05) is 24.6 Å². The summed E-state index contributed by atoms with van der Waals surface area (Å²) in [6.45, 7) is 7.21. The van der Waals surface area contributed by atoms with E-state index < -0.39 is 102 Å². The molecule has 58 heavy (non-hydrogen) atoms. The van der Waals surface area contributed by atoms with E-state index >= 15 is 0 Å². The summed E-state index contributed by atoms with van der Waals surface area (Å²) in [4.78, 5) is 88.3. The zero-order valence-corrected chi connectivity index (χ0v) is 32.9. The van der Waals surface area contributed by atoms with E-state index in [2.05, 4.69) is 21.3 Å². The number of benzene rings is 2. The van der Waals surface area contributed by atoms with Gasteiger partial charge in [0.25, 0.3) is 0 Å². The fourth-order valence-corrected chi connectivity index (χ4v) is 8.12. The van der Waals surface area contributed by atoms with E-state index in [4.69, 9.17) is 9.47 Å². The molecule has 0 bridgehead atoms. The maximum atomic E-state index is 14.7. The summed E-state index contributed by atoms with van der Waals surface area (Å²) in [7, 11) is 0. The smallest absolute Gasteiger partial charge is 0.329 e. The summed E-state index contributed by atoms with van der Waals surface area (Å²) in [5.74, 6) is -5.45. The van der Waals surface area contributed by atoms with Gasteiger partial charge in [0.05, 0.1) is 25.3 Å². The molecule has 314 valence electrons. The van der Waals surface area contributed by atoms with E-state index in [1.807, 2.05) is 13.8 Å². The lowest BCUT2D eigenvalue weighted by Crippen LogP contribution is -2.65. The van der Waals surface area contributed by atoms with E-state index in [1.54, 1.807) is 31.2 Å². The van der Waals surface area contributed by atoms with Crippen LogP contribution >= 0.6 is 0 Å². The van der Waals surface area contributed by atoms with Crippen molar-refractivity contribution in [3.63, 3.8) is 0 Å². The molecule has 4 saturated heterocycles. The molecule has 2 aromatic rings. The zero-order chi connectivity index (χ0) is 41.8. The number of esters is 1. The second-order valence-electron chi connectivity index (χ2n) is 15.7. The lowest BCUT2D eigenvalue weighted by atomic mass is 10.0. The number of carbonyl (C=O) groups is 6. The van der Waals surface area contributed by atoms with E-state index in [1.165, 1.54) is 21.6 Å². The minimum atomic E-state index is -1.62. The van der Waals surface area contributed by atoms with Gasteiger partial charge in [-0.3, -0.25) is 24.5 Å². The maximum absolute atomic E-state index is 14.7. The van der Waals surface area contributed by atoms with E-state index in [0.29, 0.717) is 18.2 Å². The lowest BCUT2D eigenvalue weighted by Gasteiger charge is -2.42. The third-order valence-corrected chi connectivity index (χ3v) is 11.1. The molecule has 0 saturated carbocycles. The first-order chi connectivity index (χ1) is 27.6. The molecule has 4 aliphatic rings. The molecule has 0 aromatic heterocycles. The number of morpholine rings is 1. The number of aliphatic hydroxyl groups excluding tert-OH is 1. The Morgan fingerprint density at radius 2 is 1.64 bits per heavy atom. The Kier molecular flexibility index (Phi) is 13.3. The van der Waals surface area contributed by atoms with Crippen molar-refractivity contribution < 1.29 is 52.1 Å². The molecular formula is C40H51F2N7O9. The highest BCUT2D eigenvalue weighted by molar-refractivity contribution is 5.97. The number of amides is 6. The first-order valence-electron chi connectivity index (χ1n) is 19.6. The molecule has 1 unspecified atom stereocenters.